The molecule has 0 bridgehead atoms. The van der Waals surface area contributed by atoms with Gasteiger partial charge in [0.05, 0.1) is 12.7 Å². The molecule has 0 radical (unpaired) electrons. The van der Waals surface area contributed by atoms with Gasteiger partial charge in [-0.15, -0.1) is 0 Å². The van der Waals surface area contributed by atoms with Crippen LogP contribution in [-0.2, 0) is 13.0 Å². The molecular formula is C10H11N3O. The summed E-state index contributed by atoms with van der Waals surface area (Å²) in [5.74, 6) is 1.39. The zero-order chi connectivity index (χ0) is 9.80. The van der Waals surface area contributed by atoms with Crippen LogP contribution in [0.25, 0.3) is 0 Å². The van der Waals surface area contributed by atoms with E-state index in [1.54, 1.807) is 12.4 Å². The molecule has 2 aromatic heterocycles. The van der Waals surface area contributed by atoms with E-state index >= 15 is 0 Å². The summed E-state index contributed by atoms with van der Waals surface area (Å²) >= 11 is 0. The minimum Gasteiger partial charge on any atom is -0.444 e. The van der Waals surface area contributed by atoms with E-state index in [1.165, 1.54) is 0 Å². The van der Waals surface area contributed by atoms with Crippen molar-refractivity contribution < 1.29 is 4.42 Å². The van der Waals surface area contributed by atoms with Crippen molar-refractivity contribution in [2.24, 2.45) is 5.73 Å². The topological polar surface area (TPSA) is 64.9 Å². The highest BCUT2D eigenvalue weighted by atomic mass is 16.4. The molecule has 4 heteroatoms. The number of hydrogen-bond acceptors (Lipinski definition) is 4. The fourth-order valence-electron chi connectivity index (χ4n) is 1.23. The summed E-state index contributed by atoms with van der Waals surface area (Å²) in [6, 6.07) is 3.90. The second-order valence-corrected chi connectivity index (χ2v) is 2.96. The predicted molar refractivity (Wildman–Crippen MR) is 51.4 cm³/mol. The van der Waals surface area contributed by atoms with Gasteiger partial charge in [-0.1, -0.05) is 6.07 Å². The fraction of sp³-hybridized carbons (Fsp3) is 0.200. The second-order valence-electron chi connectivity index (χ2n) is 2.96. The van der Waals surface area contributed by atoms with E-state index in [-0.39, 0.29) is 0 Å². The van der Waals surface area contributed by atoms with Gasteiger partial charge in [0.2, 0.25) is 5.89 Å². The van der Waals surface area contributed by atoms with Gasteiger partial charge in [0.1, 0.15) is 5.76 Å². The van der Waals surface area contributed by atoms with Crippen LogP contribution >= 0.6 is 0 Å². The Labute approximate surface area is 81.8 Å². The van der Waals surface area contributed by atoms with Gasteiger partial charge < -0.3 is 10.2 Å². The van der Waals surface area contributed by atoms with Gasteiger partial charge >= 0.3 is 0 Å². The third-order valence-electron chi connectivity index (χ3n) is 1.88. The van der Waals surface area contributed by atoms with Crippen LogP contribution < -0.4 is 5.73 Å². The van der Waals surface area contributed by atoms with Crippen LogP contribution in [0.2, 0.25) is 0 Å². The lowest BCUT2D eigenvalue weighted by Crippen LogP contribution is -1.95. The summed E-state index contributed by atoms with van der Waals surface area (Å²) < 4.78 is 5.37. The Morgan fingerprint density at radius 2 is 2.29 bits per heavy atom. The van der Waals surface area contributed by atoms with Crippen LogP contribution in [0.15, 0.2) is 35.1 Å². The Balaban J connectivity index is 2.11. The second kappa shape index (κ2) is 4.02. The van der Waals surface area contributed by atoms with Crippen LogP contribution in [0.3, 0.4) is 0 Å². The van der Waals surface area contributed by atoms with E-state index in [1.807, 2.05) is 18.3 Å². The highest BCUT2D eigenvalue weighted by Crippen LogP contribution is 2.09. The lowest BCUT2D eigenvalue weighted by atomic mass is 10.2. The molecule has 2 rings (SSSR count). The number of pyridine rings is 1. The van der Waals surface area contributed by atoms with E-state index in [0.29, 0.717) is 18.9 Å². The number of hydrogen-bond donors (Lipinski definition) is 1. The summed E-state index contributed by atoms with van der Waals surface area (Å²) in [5, 5.41) is 0. The Morgan fingerprint density at radius 3 is 2.93 bits per heavy atom. The van der Waals surface area contributed by atoms with Gasteiger partial charge in [0, 0.05) is 18.8 Å². The first kappa shape index (κ1) is 8.90. The van der Waals surface area contributed by atoms with Crippen molar-refractivity contribution in [1.82, 2.24) is 9.97 Å². The summed E-state index contributed by atoms with van der Waals surface area (Å²) in [5.41, 5.74) is 6.49. The van der Waals surface area contributed by atoms with Crippen LogP contribution in [0.1, 0.15) is 17.2 Å². The van der Waals surface area contributed by atoms with Crippen molar-refractivity contribution in [1.29, 1.82) is 0 Å². The molecule has 0 aliphatic rings. The number of aromatic nitrogens is 2. The predicted octanol–water partition coefficient (Wildman–Crippen LogP) is 1.12. The fourth-order valence-corrected chi connectivity index (χ4v) is 1.23. The highest BCUT2D eigenvalue weighted by Gasteiger charge is 2.02. The molecule has 4 nitrogen and oxygen atoms in total. The van der Waals surface area contributed by atoms with Gasteiger partial charge in [-0.2, -0.15) is 0 Å². The summed E-state index contributed by atoms with van der Waals surface area (Å²) in [6.07, 6.45) is 5.97. The number of nitrogens with zero attached hydrogens (tertiary/aromatic N) is 2. The van der Waals surface area contributed by atoms with Crippen molar-refractivity contribution in [2.75, 3.05) is 0 Å². The lowest BCUT2D eigenvalue weighted by Gasteiger charge is -1.95. The van der Waals surface area contributed by atoms with E-state index < -0.39 is 0 Å². The number of nitrogens with two attached hydrogens (primary N) is 1. The van der Waals surface area contributed by atoms with Crippen molar-refractivity contribution in [2.45, 2.75) is 13.0 Å². The maximum Gasteiger partial charge on any atom is 0.208 e. The van der Waals surface area contributed by atoms with E-state index in [0.717, 1.165) is 11.3 Å². The molecule has 0 spiro atoms. The summed E-state index contributed by atoms with van der Waals surface area (Å²) in [7, 11) is 0. The zero-order valence-corrected chi connectivity index (χ0v) is 7.68. The van der Waals surface area contributed by atoms with Gasteiger partial charge in [-0.25, -0.2) is 4.98 Å². The average Bonchev–Trinajstić information content (AvgIpc) is 2.67. The normalized spacial score (nSPS) is 10.4. The molecule has 0 aliphatic carbocycles. The first-order chi connectivity index (χ1) is 6.88. The average molecular weight is 189 g/mol. The molecule has 0 aliphatic heterocycles. The quantitative estimate of drug-likeness (QED) is 0.785. The molecule has 2 heterocycles. The van der Waals surface area contributed by atoms with Crippen molar-refractivity contribution in [3.63, 3.8) is 0 Å². The first-order valence-electron chi connectivity index (χ1n) is 4.41. The largest absolute Gasteiger partial charge is 0.444 e. The van der Waals surface area contributed by atoms with Gasteiger partial charge in [0.15, 0.2) is 0 Å². The molecular weight excluding hydrogens is 178 g/mol. The standard InChI is InChI=1S/C10H11N3O/c11-5-10-13-7-9(14-10)4-8-2-1-3-12-6-8/h1-3,6-7H,4-5,11H2. The number of oxazole rings is 1. The van der Waals surface area contributed by atoms with E-state index in [9.17, 15) is 0 Å². The molecule has 0 atom stereocenters. The zero-order valence-electron chi connectivity index (χ0n) is 7.68. The minimum absolute atomic E-state index is 0.340. The maximum absolute atomic E-state index is 5.39. The van der Waals surface area contributed by atoms with Crippen LogP contribution in [-0.4, -0.2) is 9.97 Å². The van der Waals surface area contributed by atoms with E-state index in [4.69, 9.17) is 10.2 Å². The molecule has 0 amide bonds. The van der Waals surface area contributed by atoms with Gasteiger partial charge in [-0.05, 0) is 11.6 Å². The Kier molecular flexibility index (Phi) is 2.55. The molecule has 14 heavy (non-hydrogen) atoms. The van der Waals surface area contributed by atoms with Gasteiger partial charge in [0.25, 0.3) is 0 Å². The molecule has 0 saturated heterocycles. The monoisotopic (exact) mass is 189 g/mol. The molecule has 0 unspecified atom stereocenters. The van der Waals surface area contributed by atoms with Crippen molar-refractivity contribution in [3.8, 4) is 0 Å². The summed E-state index contributed by atoms with van der Waals surface area (Å²) in [4.78, 5) is 8.04. The van der Waals surface area contributed by atoms with E-state index in [2.05, 4.69) is 9.97 Å². The molecule has 2 aromatic rings. The first-order valence-corrected chi connectivity index (χ1v) is 4.41. The lowest BCUT2D eigenvalue weighted by molar-refractivity contribution is 0.464. The Bertz CT molecular complexity index is 397. The summed E-state index contributed by atoms with van der Waals surface area (Å²) in [6.45, 7) is 0.340. The third kappa shape index (κ3) is 1.97. The SMILES string of the molecule is NCc1ncc(Cc2cccnc2)o1. The minimum atomic E-state index is 0.340. The van der Waals surface area contributed by atoms with Crippen LogP contribution in [0.5, 0.6) is 0 Å². The molecule has 0 saturated carbocycles. The molecule has 2 N–H and O–H groups in total. The maximum atomic E-state index is 5.39. The van der Waals surface area contributed by atoms with Crippen LogP contribution in [0.4, 0.5) is 0 Å². The Morgan fingerprint density at radius 1 is 1.36 bits per heavy atom. The van der Waals surface area contributed by atoms with Gasteiger partial charge in [-0.3, -0.25) is 4.98 Å². The number of rotatable bonds is 3. The van der Waals surface area contributed by atoms with Crippen LogP contribution in [0, 0.1) is 0 Å². The Hall–Kier alpha value is -1.68. The smallest absolute Gasteiger partial charge is 0.208 e. The van der Waals surface area contributed by atoms with Crippen molar-refractivity contribution in [3.05, 3.63) is 47.9 Å². The van der Waals surface area contributed by atoms with Crippen molar-refractivity contribution >= 4 is 0 Å². The third-order valence-corrected chi connectivity index (χ3v) is 1.88. The molecule has 0 aromatic carbocycles. The highest BCUT2D eigenvalue weighted by molar-refractivity contribution is 5.15. The molecule has 72 valence electrons. The molecule has 0 fully saturated rings.